The first-order chi connectivity index (χ1) is 8.08. The number of nitrogens with two attached hydrogens (primary N) is 1. The van der Waals surface area contributed by atoms with Gasteiger partial charge in [-0.2, -0.15) is 0 Å². The Bertz CT molecular complexity index is 439. The van der Waals surface area contributed by atoms with E-state index in [4.69, 9.17) is 17.3 Å². The van der Waals surface area contributed by atoms with Crippen molar-refractivity contribution in [3.05, 3.63) is 34.6 Å². The van der Waals surface area contributed by atoms with E-state index in [1.807, 2.05) is 0 Å². The third kappa shape index (κ3) is 2.76. The zero-order valence-electron chi connectivity index (χ0n) is 9.33. The van der Waals surface area contributed by atoms with Gasteiger partial charge in [0.2, 0.25) is 0 Å². The number of likely N-dealkylation sites (tertiary alicyclic amines) is 1. The van der Waals surface area contributed by atoms with Crippen molar-refractivity contribution in [3.8, 4) is 0 Å². The molecule has 0 bridgehead atoms. The number of halogens is 2. The van der Waals surface area contributed by atoms with E-state index >= 15 is 0 Å². The Balaban J connectivity index is 2.15. The molecule has 1 aromatic rings. The molecule has 1 fully saturated rings. The van der Waals surface area contributed by atoms with E-state index in [9.17, 15) is 9.18 Å². The molecule has 1 aliphatic heterocycles. The van der Waals surface area contributed by atoms with Gasteiger partial charge in [0.1, 0.15) is 5.82 Å². The van der Waals surface area contributed by atoms with Crippen LogP contribution in [0.4, 0.5) is 4.39 Å². The third-order valence-electron chi connectivity index (χ3n) is 2.91. The van der Waals surface area contributed by atoms with Crippen molar-refractivity contribution < 1.29 is 9.18 Å². The summed E-state index contributed by atoms with van der Waals surface area (Å²) in [5.41, 5.74) is 6.13. The molecule has 1 unspecified atom stereocenters. The van der Waals surface area contributed by atoms with E-state index in [0.29, 0.717) is 18.7 Å². The molecular formula is C12H14ClFN2O. The van der Waals surface area contributed by atoms with Crippen LogP contribution in [0.3, 0.4) is 0 Å². The number of benzene rings is 1. The smallest absolute Gasteiger partial charge is 0.254 e. The average molecular weight is 257 g/mol. The van der Waals surface area contributed by atoms with Gasteiger partial charge in [0.05, 0.1) is 5.02 Å². The SMILES string of the molecule is NC1CCCN(C(=O)c2ccc(Cl)c(F)c2)C1. The first kappa shape index (κ1) is 12.3. The van der Waals surface area contributed by atoms with Gasteiger partial charge in [0, 0.05) is 24.7 Å². The normalized spacial score (nSPS) is 20.4. The molecule has 1 atom stereocenters. The van der Waals surface area contributed by atoms with Crippen molar-refractivity contribution >= 4 is 17.5 Å². The molecule has 17 heavy (non-hydrogen) atoms. The zero-order chi connectivity index (χ0) is 12.4. The van der Waals surface area contributed by atoms with Gasteiger partial charge in [-0.25, -0.2) is 4.39 Å². The highest BCUT2D eigenvalue weighted by Crippen LogP contribution is 2.18. The van der Waals surface area contributed by atoms with Crippen LogP contribution in [0.5, 0.6) is 0 Å². The molecule has 2 rings (SSSR count). The van der Waals surface area contributed by atoms with Crippen LogP contribution in [0.2, 0.25) is 5.02 Å². The Morgan fingerprint density at radius 2 is 2.29 bits per heavy atom. The molecule has 0 spiro atoms. The number of carbonyl (C=O) groups excluding carboxylic acids is 1. The molecule has 1 saturated heterocycles. The molecule has 1 amide bonds. The lowest BCUT2D eigenvalue weighted by Gasteiger charge is -2.30. The predicted octanol–water partition coefficient (Wildman–Crippen LogP) is 2.04. The van der Waals surface area contributed by atoms with Crippen molar-refractivity contribution in [2.24, 2.45) is 5.73 Å². The molecule has 2 N–H and O–H groups in total. The number of nitrogens with zero attached hydrogens (tertiary/aromatic N) is 1. The van der Waals surface area contributed by atoms with Crippen LogP contribution in [0.15, 0.2) is 18.2 Å². The van der Waals surface area contributed by atoms with E-state index < -0.39 is 5.82 Å². The fraction of sp³-hybridized carbons (Fsp3) is 0.417. The molecule has 1 heterocycles. The summed E-state index contributed by atoms with van der Waals surface area (Å²) in [7, 11) is 0. The van der Waals surface area contributed by atoms with Crippen molar-refractivity contribution in [3.63, 3.8) is 0 Å². The summed E-state index contributed by atoms with van der Waals surface area (Å²) in [6.07, 6.45) is 1.82. The van der Waals surface area contributed by atoms with Crippen LogP contribution in [-0.2, 0) is 0 Å². The predicted molar refractivity (Wildman–Crippen MR) is 64.5 cm³/mol. The standard InChI is InChI=1S/C12H14ClFN2O/c13-10-4-3-8(6-11(10)14)12(17)16-5-1-2-9(15)7-16/h3-4,6,9H,1-2,5,7,15H2. The van der Waals surface area contributed by atoms with Crippen LogP contribution in [0.25, 0.3) is 0 Å². The molecule has 0 aromatic heterocycles. The van der Waals surface area contributed by atoms with E-state index in [2.05, 4.69) is 0 Å². The fourth-order valence-electron chi connectivity index (χ4n) is 2.01. The summed E-state index contributed by atoms with van der Waals surface area (Å²) in [5, 5.41) is 0.0249. The van der Waals surface area contributed by atoms with Crippen LogP contribution in [0.1, 0.15) is 23.2 Å². The van der Waals surface area contributed by atoms with Gasteiger partial charge in [-0.15, -0.1) is 0 Å². The number of carbonyl (C=O) groups is 1. The Morgan fingerprint density at radius 3 is 2.94 bits per heavy atom. The van der Waals surface area contributed by atoms with Gasteiger partial charge in [-0.3, -0.25) is 4.79 Å². The fourth-order valence-corrected chi connectivity index (χ4v) is 2.12. The van der Waals surface area contributed by atoms with Gasteiger partial charge in [-0.1, -0.05) is 11.6 Å². The summed E-state index contributed by atoms with van der Waals surface area (Å²) in [6, 6.07) is 4.12. The van der Waals surface area contributed by atoms with E-state index in [-0.39, 0.29) is 17.0 Å². The van der Waals surface area contributed by atoms with E-state index in [1.54, 1.807) is 4.90 Å². The first-order valence-corrected chi connectivity index (χ1v) is 5.95. The molecule has 3 nitrogen and oxygen atoms in total. The summed E-state index contributed by atoms with van der Waals surface area (Å²) < 4.78 is 13.3. The molecule has 0 saturated carbocycles. The highest BCUT2D eigenvalue weighted by Gasteiger charge is 2.22. The largest absolute Gasteiger partial charge is 0.337 e. The second-order valence-electron chi connectivity index (χ2n) is 4.28. The molecule has 92 valence electrons. The van der Waals surface area contributed by atoms with Crippen LogP contribution in [0, 0.1) is 5.82 Å². The van der Waals surface area contributed by atoms with Gasteiger partial charge in [-0.05, 0) is 31.0 Å². The summed E-state index contributed by atoms with van der Waals surface area (Å²) in [4.78, 5) is 13.7. The van der Waals surface area contributed by atoms with Crippen molar-refractivity contribution in [2.75, 3.05) is 13.1 Å². The zero-order valence-corrected chi connectivity index (χ0v) is 10.1. The summed E-state index contributed by atoms with van der Waals surface area (Å²) in [6.45, 7) is 1.21. The Labute approximate surface area is 104 Å². The minimum Gasteiger partial charge on any atom is -0.337 e. The minimum atomic E-state index is -0.571. The van der Waals surface area contributed by atoms with Crippen molar-refractivity contribution in [1.82, 2.24) is 4.90 Å². The first-order valence-electron chi connectivity index (χ1n) is 5.58. The highest BCUT2D eigenvalue weighted by molar-refractivity contribution is 6.30. The van der Waals surface area contributed by atoms with Crippen LogP contribution < -0.4 is 5.73 Å². The number of hydrogen-bond acceptors (Lipinski definition) is 2. The number of piperidine rings is 1. The summed E-state index contributed by atoms with van der Waals surface area (Å²) >= 11 is 5.57. The monoisotopic (exact) mass is 256 g/mol. The molecule has 0 aliphatic carbocycles. The molecular weight excluding hydrogens is 243 g/mol. The van der Waals surface area contributed by atoms with Crippen LogP contribution in [-0.4, -0.2) is 29.9 Å². The van der Waals surface area contributed by atoms with Gasteiger partial charge >= 0.3 is 0 Å². The third-order valence-corrected chi connectivity index (χ3v) is 3.22. The second kappa shape index (κ2) is 5.02. The maximum absolute atomic E-state index is 13.3. The lowest BCUT2D eigenvalue weighted by Crippen LogP contribution is -2.45. The Kier molecular flexibility index (Phi) is 3.64. The average Bonchev–Trinajstić information content (AvgIpc) is 2.32. The molecule has 1 aliphatic rings. The van der Waals surface area contributed by atoms with Crippen LogP contribution >= 0.6 is 11.6 Å². The summed E-state index contributed by atoms with van der Waals surface area (Å²) in [5.74, 6) is -0.755. The van der Waals surface area contributed by atoms with E-state index in [0.717, 1.165) is 12.8 Å². The number of hydrogen-bond donors (Lipinski definition) is 1. The van der Waals surface area contributed by atoms with E-state index in [1.165, 1.54) is 18.2 Å². The lowest BCUT2D eigenvalue weighted by molar-refractivity contribution is 0.0708. The maximum atomic E-state index is 13.3. The minimum absolute atomic E-state index is 0.0184. The highest BCUT2D eigenvalue weighted by atomic mass is 35.5. The lowest BCUT2D eigenvalue weighted by atomic mass is 10.1. The molecule has 5 heteroatoms. The maximum Gasteiger partial charge on any atom is 0.254 e. The quantitative estimate of drug-likeness (QED) is 0.836. The molecule has 1 aromatic carbocycles. The Hall–Kier alpha value is -1.13. The number of amides is 1. The second-order valence-corrected chi connectivity index (χ2v) is 4.69. The van der Waals surface area contributed by atoms with Crippen molar-refractivity contribution in [1.29, 1.82) is 0 Å². The number of rotatable bonds is 1. The van der Waals surface area contributed by atoms with Crippen molar-refractivity contribution in [2.45, 2.75) is 18.9 Å². The van der Waals surface area contributed by atoms with Gasteiger partial charge in [0.25, 0.3) is 5.91 Å². The van der Waals surface area contributed by atoms with Gasteiger partial charge in [0.15, 0.2) is 0 Å². The Morgan fingerprint density at radius 1 is 1.53 bits per heavy atom. The van der Waals surface area contributed by atoms with Gasteiger partial charge < -0.3 is 10.6 Å². The topological polar surface area (TPSA) is 46.3 Å². The molecule has 0 radical (unpaired) electrons.